The highest BCUT2D eigenvalue weighted by molar-refractivity contribution is 5.98. The second-order valence-electron chi connectivity index (χ2n) is 3.82. The van der Waals surface area contributed by atoms with Crippen LogP contribution in [-0.2, 0) is 6.18 Å². The molecule has 1 aromatic carbocycles. The van der Waals surface area contributed by atoms with Crippen LogP contribution < -0.4 is 15.4 Å². The molecule has 0 fully saturated rings. The minimum atomic E-state index is -4.42. The molecule has 0 radical (unpaired) electrons. The van der Waals surface area contributed by atoms with Gasteiger partial charge in [0.1, 0.15) is 0 Å². The minimum absolute atomic E-state index is 0.0382. The van der Waals surface area contributed by atoms with Crippen LogP contribution in [0.15, 0.2) is 24.3 Å². The number of nitrogens with one attached hydrogen (secondary N) is 3. The number of ether oxygens (including phenoxy) is 1. The van der Waals surface area contributed by atoms with Gasteiger partial charge in [0.2, 0.25) is 5.95 Å². The van der Waals surface area contributed by atoms with Crippen LogP contribution in [0, 0.1) is 0 Å². The number of rotatable bonds is 3. The Morgan fingerprint density at radius 1 is 1.24 bits per heavy atom. The predicted molar refractivity (Wildman–Crippen MR) is 67.0 cm³/mol. The van der Waals surface area contributed by atoms with E-state index >= 15 is 0 Å². The number of H-pyrrole nitrogens is 1. The number of hydrogen-bond donors (Lipinski definition) is 3. The second-order valence-corrected chi connectivity index (χ2v) is 3.82. The lowest BCUT2D eigenvalue weighted by molar-refractivity contribution is -0.137. The van der Waals surface area contributed by atoms with Gasteiger partial charge in [-0.3, -0.25) is 5.32 Å². The standard InChI is InChI=1S/C11H10F3N5O2/c1-21-10-17-8(18-19-10)16-9(20)15-7-4-2-6(3-5-7)11(12,13)14/h2-5H,1H3,(H3,15,16,17,18,19,20). The lowest BCUT2D eigenvalue weighted by Crippen LogP contribution is -2.20. The van der Waals surface area contributed by atoms with Gasteiger partial charge in [-0.25, -0.2) is 9.89 Å². The Labute approximate surface area is 116 Å². The Kier molecular flexibility index (Phi) is 3.96. The fraction of sp³-hybridized carbons (Fsp3) is 0.182. The van der Waals surface area contributed by atoms with Crippen molar-refractivity contribution in [2.75, 3.05) is 17.7 Å². The van der Waals surface area contributed by atoms with Crippen molar-refractivity contribution in [3.05, 3.63) is 29.8 Å². The molecule has 1 heterocycles. The maximum atomic E-state index is 12.4. The molecule has 1 aromatic heterocycles. The van der Waals surface area contributed by atoms with Crippen LogP contribution in [0.25, 0.3) is 0 Å². The molecule has 3 N–H and O–H groups in total. The van der Waals surface area contributed by atoms with E-state index in [1.54, 1.807) is 0 Å². The molecule has 2 amide bonds. The van der Waals surface area contributed by atoms with Gasteiger partial charge in [0.15, 0.2) is 0 Å². The normalized spacial score (nSPS) is 11.0. The smallest absolute Gasteiger partial charge is 0.416 e. The van der Waals surface area contributed by atoms with Crippen molar-refractivity contribution in [1.29, 1.82) is 0 Å². The molecule has 0 spiro atoms. The topological polar surface area (TPSA) is 91.9 Å². The zero-order chi connectivity index (χ0) is 15.5. The monoisotopic (exact) mass is 301 g/mol. The Morgan fingerprint density at radius 3 is 2.43 bits per heavy atom. The summed E-state index contributed by atoms with van der Waals surface area (Å²) in [5.74, 6) is 0.0382. The summed E-state index contributed by atoms with van der Waals surface area (Å²) in [7, 11) is 1.36. The van der Waals surface area contributed by atoms with E-state index in [0.29, 0.717) is 0 Å². The van der Waals surface area contributed by atoms with Gasteiger partial charge < -0.3 is 10.1 Å². The van der Waals surface area contributed by atoms with E-state index in [1.807, 2.05) is 0 Å². The summed E-state index contributed by atoms with van der Waals surface area (Å²) in [6.45, 7) is 0. The number of aromatic nitrogens is 3. The number of carbonyl (C=O) groups is 1. The molecule has 0 bridgehead atoms. The molecule has 21 heavy (non-hydrogen) atoms. The van der Waals surface area contributed by atoms with Crippen LogP contribution in [0.2, 0.25) is 0 Å². The number of hydrogen-bond acceptors (Lipinski definition) is 4. The minimum Gasteiger partial charge on any atom is -0.466 e. The summed E-state index contributed by atoms with van der Waals surface area (Å²) in [5.41, 5.74) is -0.597. The largest absolute Gasteiger partial charge is 0.466 e. The maximum Gasteiger partial charge on any atom is 0.416 e. The molecule has 10 heteroatoms. The summed E-state index contributed by atoms with van der Waals surface area (Å²) >= 11 is 0. The van der Waals surface area contributed by atoms with Crippen molar-refractivity contribution < 1.29 is 22.7 Å². The number of nitrogens with zero attached hydrogens (tertiary/aromatic N) is 2. The lowest BCUT2D eigenvalue weighted by Gasteiger charge is -2.08. The first-order valence-electron chi connectivity index (χ1n) is 5.60. The van der Waals surface area contributed by atoms with Gasteiger partial charge in [-0.15, -0.1) is 5.10 Å². The van der Waals surface area contributed by atoms with Gasteiger partial charge in [-0.05, 0) is 24.3 Å². The maximum absolute atomic E-state index is 12.4. The number of amides is 2. The van der Waals surface area contributed by atoms with Gasteiger partial charge in [0, 0.05) is 5.69 Å². The van der Waals surface area contributed by atoms with E-state index in [-0.39, 0.29) is 17.6 Å². The van der Waals surface area contributed by atoms with Gasteiger partial charge >= 0.3 is 18.2 Å². The molecule has 2 rings (SSSR count). The number of carbonyl (C=O) groups excluding carboxylic acids is 1. The molecule has 0 aliphatic rings. The van der Waals surface area contributed by atoms with E-state index in [4.69, 9.17) is 4.74 Å². The highest BCUT2D eigenvalue weighted by Gasteiger charge is 2.29. The number of halogens is 3. The Bertz CT molecular complexity index is 624. The van der Waals surface area contributed by atoms with E-state index in [1.165, 1.54) is 7.11 Å². The quantitative estimate of drug-likeness (QED) is 0.812. The third-order valence-corrected chi connectivity index (χ3v) is 2.35. The van der Waals surface area contributed by atoms with Crippen LogP contribution >= 0.6 is 0 Å². The van der Waals surface area contributed by atoms with Crippen molar-refractivity contribution >= 4 is 17.7 Å². The molecule has 0 atom stereocenters. The van der Waals surface area contributed by atoms with E-state index in [0.717, 1.165) is 24.3 Å². The van der Waals surface area contributed by atoms with Gasteiger partial charge in [0.25, 0.3) is 0 Å². The highest BCUT2D eigenvalue weighted by Crippen LogP contribution is 2.29. The first kappa shape index (κ1) is 14.6. The third-order valence-electron chi connectivity index (χ3n) is 2.35. The zero-order valence-corrected chi connectivity index (χ0v) is 10.7. The Hall–Kier alpha value is -2.78. The Morgan fingerprint density at radius 2 is 1.90 bits per heavy atom. The van der Waals surface area contributed by atoms with Gasteiger partial charge in [-0.2, -0.15) is 18.2 Å². The van der Waals surface area contributed by atoms with Crippen molar-refractivity contribution in [3.63, 3.8) is 0 Å². The number of urea groups is 1. The summed E-state index contributed by atoms with van der Waals surface area (Å²) in [5, 5.41) is 10.7. The number of benzene rings is 1. The van der Waals surface area contributed by atoms with E-state index < -0.39 is 17.8 Å². The van der Waals surface area contributed by atoms with E-state index in [2.05, 4.69) is 25.8 Å². The zero-order valence-electron chi connectivity index (χ0n) is 10.7. The van der Waals surface area contributed by atoms with E-state index in [9.17, 15) is 18.0 Å². The van der Waals surface area contributed by atoms with Crippen molar-refractivity contribution in [1.82, 2.24) is 15.2 Å². The molecule has 0 aliphatic heterocycles. The van der Waals surface area contributed by atoms with Crippen LogP contribution in [0.1, 0.15) is 5.56 Å². The molecule has 0 aliphatic carbocycles. The number of aromatic amines is 1. The summed E-state index contributed by atoms with van der Waals surface area (Å²) < 4.78 is 41.8. The second kappa shape index (κ2) is 5.69. The average molecular weight is 301 g/mol. The van der Waals surface area contributed by atoms with Crippen molar-refractivity contribution in [2.45, 2.75) is 6.18 Å². The number of anilines is 2. The van der Waals surface area contributed by atoms with Crippen molar-refractivity contribution in [2.24, 2.45) is 0 Å². The SMILES string of the molecule is COc1n[nH]c(NC(=O)Nc2ccc(C(F)(F)F)cc2)n1. The molecule has 0 unspecified atom stereocenters. The fourth-order valence-corrected chi connectivity index (χ4v) is 1.41. The number of alkyl halides is 3. The van der Waals surface area contributed by atoms with Gasteiger partial charge in [0.05, 0.1) is 12.7 Å². The predicted octanol–water partition coefficient (Wildman–Crippen LogP) is 2.48. The molecular weight excluding hydrogens is 291 g/mol. The third kappa shape index (κ3) is 3.84. The molecule has 0 saturated carbocycles. The fourth-order valence-electron chi connectivity index (χ4n) is 1.41. The number of methoxy groups -OCH3 is 1. The first-order valence-corrected chi connectivity index (χ1v) is 5.60. The molecule has 7 nitrogen and oxygen atoms in total. The molecule has 2 aromatic rings. The molecule has 112 valence electrons. The first-order chi connectivity index (χ1) is 9.88. The Balaban J connectivity index is 1.96. The summed E-state index contributed by atoms with van der Waals surface area (Å²) in [6.07, 6.45) is -4.42. The van der Waals surface area contributed by atoms with Crippen LogP contribution in [0.5, 0.6) is 6.01 Å². The van der Waals surface area contributed by atoms with Gasteiger partial charge in [-0.1, -0.05) is 0 Å². The molecule has 0 saturated heterocycles. The van der Waals surface area contributed by atoms with Crippen LogP contribution in [0.3, 0.4) is 0 Å². The average Bonchev–Trinajstić information content (AvgIpc) is 2.85. The van der Waals surface area contributed by atoms with Crippen LogP contribution in [-0.4, -0.2) is 28.3 Å². The summed E-state index contributed by atoms with van der Waals surface area (Å²) in [4.78, 5) is 15.3. The van der Waals surface area contributed by atoms with Crippen LogP contribution in [0.4, 0.5) is 29.6 Å². The molecular formula is C11H10F3N5O2. The highest BCUT2D eigenvalue weighted by atomic mass is 19.4. The van der Waals surface area contributed by atoms with Crippen molar-refractivity contribution in [3.8, 4) is 6.01 Å². The lowest BCUT2D eigenvalue weighted by atomic mass is 10.2. The summed E-state index contributed by atoms with van der Waals surface area (Å²) in [6, 6.07) is 3.38.